The second-order valence-electron chi connectivity index (χ2n) is 14.3. The molecule has 0 fully saturated rings. The van der Waals surface area contributed by atoms with Crippen molar-refractivity contribution in [3.8, 4) is 0 Å². The van der Waals surface area contributed by atoms with Crippen LogP contribution in [0.25, 0.3) is 10.8 Å². The molecule has 0 bridgehead atoms. The van der Waals surface area contributed by atoms with E-state index in [9.17, 15) is 39.4 Å². The lowest BCUT2D eigenvalue weighted by Gasteiger charge is -2.19. The van der Waals surface area contributed by atoms with Gasteiger partial charge in [-0.05, 0) is 75.9 Å². The first kappa shape index (κ1) is 40.2. The number of carbonyl (C=O) groups is 4. The van der Waals surface area contributed by atoms with Gasteiger partial charge < -0.3 is 30.7 Å². The number of alkyl carbamates (subject to hydrolysis) is 2. The normalized spacial score (nSPS) is 11.3. The highest BCUT2D eigenvalue weighted by Crippen LogP contribution is 2.35. The van der Waals surface area contributed by atoms with E-state index < -0.39 is 56.4 Å². The molecule has 4 rings (SSSR count). The van der Waals surface area contributed by atoms with Gasteiger partial charge in [-0.1, -0.05) is 48.5 Å². The van der Waals surface area contributed by atoms with E-state index >= 15 is 0 Å². The number of ether oxygens (including phenoxy) is 2. The summed E-state index contributed by atoms with van der Waals surface area (Å²) in [4.78, 5) is 72.9. The molecule has 4 aromatic rings. The monoisotopic (exact) mass is 742 g/mol. The highest BCUT2D eigenvalue weighted by atomic mass is 16.6. The molecule has 4 N–H and O–H groups in total. The Labute approximate surface area is 310 Å². The Morgan fingerprint density at radius 1 is 0.519 bits per heavy atom. The van der Waals surface area contributed by atoms with Crippen molar-refractivity contribution in [2.75, 3.05) is 0 Å². The third-order valence-electron chi connectivity index (χ3n) is 7.57. The Hall–Kier alpha value is -6.58. The van der Waals surface area contributed by atoms with Crippen molar-refractivity contribution < 1.29 is 38.5 Å². The first-order chi connectivity index (χ1) is 25.3. The molecule has 16 heteroatoms. The highest BCUT2D eigenvalue weighted by Gasteiger charge is 2.26. The number of non-ortho nitro benzene ring substituents is 2. The molecule has 0 heterocycles. The first-order valence-corrected chi connectivity index (χ1v) is 16.8. The number of nitrogens with zero attached hydrogens (tertiary/aromatic N) is 2. The van der Waals surface area contributed by atoms with Crippen molar-refractivity contribution in [1.82, 2.24) is 21.3 Å². The summed E-state index contributed by atoms with van der Waals surface area (Å²) >= 11 is 0. The zero-order valence-corrected chi connectivity index (χ0v) is 30.7. The Bertz CT molecular complexity index is 1920. The lowest BCUT2D eigenvalue weighted by Crippen LogP contribution is -2.32. The van der Waals surface area contributed by atoms with Gasteiger partial charge in [-0.15, -0.1) is 0 Å². The molecule has 0 aliphatic heterocycles. The number of fused-ring (bicyclic) bond motifs is 1. The minimum Gasteiger partial charge on any atom is -0.444 e. The standard InChI is InChI=1S/C38H42N6O10/c1-37(2,3)53-35(47)41-21-25-11-7-23(8-12-25)19-39-33(45)27-15-29-30(31(17-27)43(49)50)16-28(18-32(29)44(51)52)34(46)40-20-24-9-13-26(14-10-24)22-42-36(48)54-38(4,5)6/h7-18H,19-22H2,1-6H3,(H,39,45)(H,40,46)(H,41,47)(H,42,48). The first-order valence-electron chi connectivity index (χ1n) is 16.8. The third kappa shape index (κ3) is 11.7. The SMILES string of the molecule is CC(C)(C)OC(=O)NCc1ccc(CNC(=O)c2cc([N+](=O)[O-])c3cc(C(=O)NCc4ccc(CNC(=O)OC(C)(C)C)cc4)cc([N+](=O)[O-])c3c2)cc1. The van der Waals surface area contributed by atoms with Gasteiger partial charge in [0.2, 0.25) is 0 Å². The molecule has 0 atom stereocenters. The Morgan fingerprint density at radius 3 is 1.06 bits per heavy atom. The molecule has 16 nitrogen and oxygen atoms in total. The summed E-state index contributed by atoms with van der Waals surface area (Å²) in [6, 6.07) is 18.3. The van der Waals surface area contributed by atoms with Gasteiger partial charge in [-0.3, -0.25) is 29.8 Å². The molecule has 54 heavy (non-hydrogen) atoms. The maximum atomic E-state index is 13.2. The van der Waals surface area contributed by atoms with Crippen molar-refractivity contribution in [1.29, 1.82) is 0 Å². The number of carbonyl (C=O) groups excluding carboxylic acids is 4. The van der Waals surface area contributed by atoms with Crippen LogP contribution in [-0.2, 0) is 35.7 Å². The van der Waals surface area contributed by atoms with E-state index in [4.69, 9.17) is 9.47 Å². The number of benzene rings is 4. The molecule has 0 radical (unpaired) electrons. The van der Waals surface area contributed by atoms with Crippen LogP contribution < -0.4 is 21.3 Å². The van der Waals surface area contributed by atoms with Gasteiger partial charge in [0, 0.05) is 49.4 Å². The molecule has 4 amide bonds. The number of nitro groups is 2. The summed E-state index contributed by atoms with van der Waals surface area (Å²) in [5.74, 6) is -1.42. The van der Waals surface area contributed by atoms with E-state index in [1.165, 1.54) is 12.1 Å². The van der Waals surface area contributed by atoms with Crippen LogP contribution >= 0.6 is 0 Å². The van der Waals surface area contributed by atoms with E-state index in [2.05, 4.69) is 21.3 Å². The molecule has 0 saturated heterocycles. The predicted octanol–water partition coefficient (Wildman–Crippen LogP) is 6.57. The highest BCUT2D eigenvalue weighted by molar-refractivity contribution is 6.08. The van der Waals surface area contributed by atoms with E-state index in [0.717, 1.165) is 23.3 Å². The molecule has 0 saturated carbocycles. The number of hydrogen-bond acceptors (Lipinski definition) is 10. The minimum absolute atomic E-state index is 0.0390. The summed E-state index contributed by atoms with van der Waals surface area (Å²) in [6.07, 6.45) is -1.12. The van der Waals surface area contributed by atoms with E-state index in [1.54, 1.807) is 90.1 Å². The van der Waals surface area contributed by atoms with Crippen molar-refractivity contribution in [3.05, 3.63) is 126 Å². The van der Waals surface area contributed by atoms with Crippen LogP contribution in [0.2, 0.25) is 0 Å². The van der Waals surface area contributed by atoms with Gasteiger partial charge in [0.25, 0.3) is 23.2 Å². The summed E-state index contributed by atoms with van der Waals surface area (Å²) < 4.78 is 10.4. The van der Waals surface area contributed by atoms with Crippen LogP contribution in [0, 0.1) is 20.2 Å². The van der Waals surface area contributed by atoms with Crippen LogP contribution in [-0.4, -0.2) is 45.0 Å². The second-order valence-corrected chi connectivity index (χ2v) is 14.3. The Balaban J connectivity index is 1.44. The Kier molecular flexibility index (Phi) is 12.5. The van der Waals surface area contributed by atoms with Crippen LogP contribution in [0.3, 0.4) is 0 Å². The lowest BCUT2D eigenvalue weighted by molar-refractivity contribution is -0.384. The average molecular weight is 743 g/mol. The number of hydrogen-bond donors (Lipinski definition) is 4. The van der Waals surface area contributed by atoms with Gasteiger partial charge in [0.1, 0.15) is 11.2 Å². The zero-order valence-electron chi connectivity index (χ0n) is 30.7. The minimum atomic E-state index is -0.770. The maximum absolute atomic E-state index is 13.2. The van der Waals surface area contributed by atoms with Gasteiger partial charge in [-0.25, -0.2) is 9.59 Å². The van der Waals surface area contributed by atoms with Crippen LogP contribution in [0.5, 0.6) is 0 Å². The van der Waals surface area contributed by atoms with Crippen molar-refractivity contribution in [2.24, 2.45) is 0 Å². The Morgan fingerprint density at radius 2 is 0.796 bits per heavy atom. The largest absolute Gasteiger partial charge is 0.444 e. The van der Waals surface area contributed by atoms with Crippen molar-refractivity contribution in [2.45, 2.75) is 78.9 Å². The van der Waals surface area contributed by atoms with Gasteiger partial charge >= 0.3 is 12.2 Å². The third-order valence-corrected chi connectivity index (χ3v) is 7.57. The lowest BCUT2D eigenvalue weighted by atomic mass is 9.99. The average Bonchev–Trinajstić information content (AvgIpc) is 3.09. The molecular weight excluding hydrogens is 700 g/mol. The molecule has 284 valence electrons. The number of nitrogens with one attached hydrogen (secondary N) is 4. The van der Waals surface area contributed by atoms with E-state index in [-0.39, 0.29) is 48.1 Å². The summed E-state index contributed by atoms with van der Waals surface area (Å²) in [5.41, 5.74) is 0.119. The maximum Gasteiger partial charge on any atom is 0.407 e. The predicted molar refractivity (Wildman–Crippen MR) is 199 cm³/mol. The second kappa shape index (κ2) is 16.8. The molecule has 0 unspecified atom stereocenters. The molecule has 0 aliphatic carbocycles. The zero-order chi connectivity index (χ0) is 39.8. The fraction of sp³-hybridized carbons (Fsp3) is 0.316. The summed E-state index contributed by atoms with van der Waals surface area (Å²) in [7, 11) is 0. The van der Waals surface area contributed by atoms with E-state index in [0.29, 0.717) is 11.1 Å². The number of amides is 4. The molecule has 0 aromatic heterocycles. The molecular formula is C38H42N6O10. The summed E-state index contributed by atoms with van der Waals surface area (Å²) in [5, 5.41) is 34.6. The van der Waals surface area contributed by atoms with Crippen molar-refractivity contribution >= 4 is 46.1 Å². The van der Waals surface area contributed by atoms with Gasteiger partial charge in [0.15, 0.2) is 0 Å². The smallest absolute Gasteiger partial charge is 0.407 e. The quantitative estimate of drug-likeness (QED) is 0.0903. The molecule has 0 aliphatic rings. The van der Waals surface area contributed by atoms with Crippen LogP contribution in [0.4, 0.5) is 21.0 Å². The van der Waals surface area contributed by atoms with Gasteiger partial charge in [0.05, 0.1) is 20.6 Å². The van der Waals surface area contributed by atoms with Crippen LogP contribution in [0.1, 0.15) is 84.5 Å². The topological polar surface area (TPSA) is 221 Å². The number of rotatable bonds is 12. The van der Waals surface area contributed by atoms with Crippen LogP contribution in [0.15, 0.2) is 72.8 Å². The number of nitro benzene ring substituents is 2. The van der Waals surface area contributed by atoms with E-state index in [1.807, 2.05) is 0 Å². The molecule has 4 aromatic carbocycles. The fourth-order valence-electron chi connectivity index (χ4n) is 5.08. The molecule has 0 spiro atoms. The van der Waals surface area contributed by atoms with Gasteiger partial charge in [-0.2, -0.15) is 0 Å². The summed E-state index contributed by atoms with van der Waals surface area (Å²) in [6.45, 7) is 11.1. The van der Waals surface area contributed by atoms with Crippen molar-refractivity contribution in [3.63, 3.8) is 0 Å². The fourth-order valence-corrected chi connectivity index (χ4v) is 5.08.